The van der Waals surface area contributed by atoms with E-state index in [0.29, 0.717) is 11.3 Å². The van der Waals surface area contributed by atoms with Crippen LogP contribution >= 0.6 is 0 Å². The lowest BCUT2D eigenvalue weighted by atomic mass is 9.99. The summed E-state index contributed by atoms with van der Waals surface area (Å²) in [6.45, 7) is 7.92. The second-order valence-electron chi connectivity index (χ2n) is 6.68. The average Bonchev–Trinajstić information content (AvgIpc) is 2.55. The van der Waals surface area contributed by atoms with Gasteiger partial charge in [0.25, 0.3) is 5.91 Å². The Balaban J connectivity index is 2.25. The van der Waals surface area contributed by atoms with Gasteiger partial charge in [0.15, 0.2) is 0 Å². The van der Waals surface area contributed by atoms with E-state index in [4.69, 9.17) is 0 Å². The molecule has 0 spiro atoms. The Kier molecular flexibility index (Phi) is 6.08. The van der Waals surface area contributed by atoms with E-state index in [1.165, 1.54) is 11.1 Å². The van der Waals surface area contributed by atoms with E-state index in [-0.39, 0.29) is 11.9 Å². The Morgan fingerprint density at radius 2 is 1.65 bits per heavy atom. The van der Waals surface area contributed by atoms with Gasteiger partial charge in [0.05, 0.1) is 18.0 Å². The third kappa shape index (κ3) is 5.08. The number of aryl methyl sites for hydroxylation is 3. The molecule has 1 atom stereocenters. The number of amides is 1. The number of carbonyl (C=O) groups excluding carboxylic acids is 1. The third-order valence-corrected chi connectivity index (χ3v) is 5.03. The summed E-state index contributed by atoms with van der Waals surface area (Å²) in [5.41, 5.74) is 5.05. The molecule has 0 heterocycles. The van der Waals surface area contributed by atoms with E-state index in [2.05, 4.69) is 36.0 Å². The molecule has 2 aromatic rings. The molecular weight excluding hydrogens is 348 g/mol. The molecule has 26 heavy (non-hydrogen) atoms. The molecule has 2 aromatic carbocycles. The highest BCUT2D eigenvalue weighted by Crippen LogP contribution is 2.22. The molecule has 0 bridgehead atoms. The van der Waals surface area contributed by atoms with Crippen molar-refractivity contribution in [3.63, 3.8) is 0 Å². The maximum absolute atomic E-state index is 12.7. The first-order valence-corrected chi connectivity index (χ1v) is 10.5. The maximum atomic E-state index is 12.7. The van der Waals surface area contributed by atoms with E-state index in [0.717, 1.165) is 23.8 Å². The van der Waals surface area contributed by atoms with Crippen LogP contribution in [0, 0.1) is 20.8 Å². The molecule has 0 fully saturated rings. The number of carbonyl (C=O) groups is 1. The fraction of sp³-hybridized carbons (Fsp3) is 0.350. The maximum Gasteiger partial charge on any atom is 0.251 e. The van der Waals surface area contributed by atoms with Gasteiger partial charge in [0, 0.05) is 5.56 Å². The van der Waals surface area contributed by atoms with Crippen molar-refractivity contribution in [1.29, 1.82) is 0 Å². The van der Waals surface area contributed by atoms with Crippen molar-refractivity contribution in [1.82, 2.24) is 5.32 Å². The van der Waals surface area contributed by atoms with Gasteiger partial charge in [-0.25, -0.2) is 8.42 Å². The largest absolute Gasteiger partial charge is 0.345 e. The zero-order valence-electron chi connectivity index (χ0n) is 15.9. The van der Waals surface area contributed by atoms with Crippen molar-refractivity contribution in [2.75, 3.05) is 11.0 Å². The van der Waals surface area contributed by atoms with Crippen LogP contribution in [-0.2, 0) is 10.0 Å². The molecule has 0 unspecified atom stereocenters. The van der Waals surface area contributed by atoms with Crippen LogP contribution in [0.4, 0.5) is 5.69 Å². The Bertz CT molecular complexity index is 921. The number of hydrogen-bond donors (Lipinski definition) is 2. The van der Waals surface area contributed by atoms with Crippen LogP contribution in [0.5, 0.6) is 0 Å². The minimum absolute atomic E-state index is 0.102. The molecule has 140 valence electrons. The van der Waals surface area contributed by atoms with Crippen LogP contribution in [0.3, 0.4) is 0 Å². The Morgan fingerprint density at radius 1 is 1.00 bits per heavy atom. The lowest BCUT2D eigenvalue weighted by molar-refractivity contribution is 0.0935. The highest BCUT2D eigenvalue weighted by atomic mass is 32.2. The summed E-state index contributed by atoms with van der Waals surface area (Å²) in [4.78, 5) is 12.7. The molecule has 2 rings (SSSR count). The van der Waals surface area contributed by atoms with Gasteiger partial charge in [-0.2, -0.15) is 0 Å². The second kappa shape index (κ2) is 7.91. The van der Waals surface area contributed by atoms with Gasteiger partial charge >= 0.3 is 0 Å². The first kappa shape index (κ1) is 20.0. The Labute approximate surface area is 155 Å². The van der Waals surface area contributed by atoms with Gasteiger partial charge in [-0.1, -0.05) is 31.2 Å². The van der Waals surface area contributed by atoms with Crippen LogP contribution in [0.2, 0.25) is 0 Å². The van der Waals surface area contributed by atoms with Crippen molar-refractivity contribution in [2.45, 2.75) is 40.2 Å². The number of benzene rings is 2. The highest BCUT2D eigenvalue weighted by molar-refractivity contribution is 7.92. The van der Waals surface area contributed by atoms with Gasteiger partial charge in [-0.3, -0.25) is 9.52 Å². The van der Waals surface area contributed by atoms with Crippen LogP contribution in [0.25, 0.3) is 0 Å². The third-order valence-electron chi connectivity index (χ3n) is 4.44. The zero-order valence-corrected chi connectivity index (χ0v) is 16.7. The second-order valence-corrected chi connectivity index (χ2v) is 8.43. The topological polar surface area (TPSA) is 75.3 Å². The molecule has 0 saturated carbocycles. The standard InChI is InChI=1S/C20H26N2O3S/c1-6-18(16-9-7-13(2)15(4)11-16)21-20(23)17-10-8-14(3)19(12-17)22-26(5,24)25/h7-12,18,22H,6H2,1-5H3,(H,21,23)/t18-/m1/s1. The van der Waals surface area contributed by atoms with Crippen LogP contribution in [-0.4, -0.2) is 20.6 Å². The number of rotatable bonds is 6. The van der Waals surface area contributed by atoms with Gasteiger partial charge in [-0.05, 0) is 61.6 Å². The summed E-state index contributed by atoms with van der Waals surface area (Å²) in [5.74, 6) is -0.230. The van der Waals surface area contributed by atoms with Gasteiger partial charge < -0.3 is 5.32 Å². The van der Waals surface area contributed by atoms with Gasteiger partial charge in [0.1, 0.15) is 0 Å². The molecule has 0 aliphatic heterocycles. The first-order valence-electron chi connectivity index (χ1n) is 8.57. The number of nitrogens with one attached hydrogen (secondary N) is 2. The quantitative estimate of drug-likeness (QED) is 0.806. The summed E-state index contributed by atoms with van der Waals surface area (Å²) < 4.78 is 25.4. The van der Waals surface area contributed by atoms with E-state index in [1.807, 2.05) is 13.0 Å². The van der Waals surface area contributed by atoms with Crippen LogP contribution < -0.4 is 10.0 Å². The molecule has 2 N–H and O–H groups in total. The van der Waals surface area contributed by atoms with Crippen molar-refractivity contribution >= 4 is 21.6 Å². The number of sulfonamides is 1. The monoisotopic (exact) mass is 374 g/mol. The number of hydrogen-bond acceptors (Lipinski definition) is 3. The fourth-order valence-electron chi connectivity index (χ4n) is 2.72. The van der Waals surface area contributed by atoms with Gasteiger partial charge in [-0.15, -0.1) is 0 Å². The normalized spacial score (nSPS) is 12.5. The lowest BCUT2D eigenvalue weighted by Gasteiger charge is -2.19. The zero-order chi connectivity index (χ0) is 19.5. The average molecular weight is 375 g/mol. The smallest absolute Gasteiger partial charge is 0.251 e. The molecule has 0 saturated heterocycles. The summed E-state index contributed by atoms with van der Waals surface area (Å²) >= 11 is 0. The predicted octanol–water partition coefficient (Wildman–Crippen LogP) is 3.86. The SMILES string of the molecule is CC[C@@H](NC(=O)c1ccc(C)c(NS(C)(=O)=O)c1)c1ccc(C)c(C)c1. The molecular formula is C20H26N2O3S. The molecule has 0 aromatic heterocycles. The Hall–Kier alpha value is -2.34. The van der Waals surface area contributed by atoms with Crippen molar-refractivity contribution < 1.29 is 13.2 Å². The van der Waals surface area contributed by atoms with Crippen molar-refractivity contribution in [3.8, 4) is 0 Å². The van der Waals surface area contributed by atoms with Gasteiger partial charge in [0.2, 0.25) is 10.0 Å². The minimum atomic E-state index is -3.40. The molecule has 0 aliphatic carbocycles. The molecule has 1 amide bonds. The molecule has 6 heteroatoms. The van der Waals surface area contributed by atoms with Crippen LogP contribution in [0.15, 0.2) is 36.4 Å². The summed E-state index contributed by atoms with van der Waals surface area (Å²) in [5, 5.41) is 3.04. The van der Waals surface area contributed by atoms with Crippen molar-refractivity contribution in [3.05, 3.63) is 64.2 Å². The summed E-state index contributed by atoms with van der Waals surface area (Å²) in [7, 11) is -3.40. The predicted molar refractivity (Wildman–Crippen MR) is 106 cm³/mol. The van der Waals surface area contributed by atoms with E-state index in [1.54, 1.807) is 25.1 Å². The fourth-order valence-corrected chi connectivity index (χ4v) is 3.34. The molecule has 0 aliphatic rings. The van der Waals surface area contributed by atoms with Crippen LogP contribution in [0.1, 0.15) is 52.0 Å². The van der Waals surface area contributed by atoms with E-state index in [9.17, 15) is 13.2 Å². The molecule has 5 nitrogen and oxygen atoms in total. The minimum Gasteiger partial charge on any atom is -0.345 e. The molecule has 0 radical (unpaired) electrons. The van der Waals surface area contributed by atoms with E-state index >= 15 is 0 Å². The first-order chi connectivity index (χ1) is 12.1. The number of anilines is 1. The van der Waals surface area contributed by atoms with Crippen molar-refractivity contribution in [2.24, 2.45) is 0 Å². The Morgan fingerprint density at radius 3 is 2.23 bits per heavy atom. The summed E-state index contributed by atoms with van der Waals surface area (Å²) in [6, 6.07) is 11.1. The summed E-state index contributed by atoms with van der Waals surface area (Å²) in [6.07, 6.45) is 1.85. The van der Waals surface area contributed by atoms with E-state index < -0.39 is 10.0 Å². The highest BCUT2D eigenvalue weighted by Gasteiger charge is 2.16. The lowest BCUT2D eigenvalue weighted by Crippen LogP contribution is -2.28.